The topological polar surface area (TPSA) is 290 Å². The predicted octanol–water partition coefficient (Wildman–Crippen LogP) is 12.6. The highest BCUT2D eigenvalue weighted by Gasteiger charge is 2.36. The van der Waals surface area contributed by atoms with Crippen LogP contribution >= 0.6 is 58.0 Å². The highest BCUT2D eigenvalue weighted by atomic mass is 35.5. The van der Waals surface area contributed by atoms with Crippen molar-refractivity contribution in [3.8, 4) is 0 Å². The number of rotatable bonds is 16. The van der Waals surface area contributed by atoms with E-state index < -0.39 is 59.1 Å². The van der Waals surface area contributed by atoms with E-state index in [-0.39, 0.29) is 119 Å². The minimum absolute atomic E-state index is 0.0134. The van der Waals surface area contributed by atoms with Crippen molar-refractivity contribution in [2.75, 3.05) is 41.9 Å². The van der Waals surface area contributed by atoms with Crippen molar-refractivity contribution in [2.45, 2.75) is 63.8 Å². The summed E-state index contributed by atoms with van der Waals surface area (Å²) in [5.41, 5.74) is 8.58. The largest absolute Gasteiger partial charge is 0.396 e. The monoisotopic (exact) mass is 1560 g/mol. The number of aliphatic hydroxyl groups is 3. The van der Waals surface area contributed by atoms with Gasteiger partial charge in [-0.3, -0.25) is 43.1 Å². The van der Waals surface area contributed by atoms with Crippen LogP contribution in [0.4, 0.5) is 34.6 Å². The molecule has 8 N–H and O–H groups in total. The number of aliphatic imine (C=N–C) groups is 3. The number of anilines is 3. The standard InChI is InChI=1S/2C26H21Cl2FN4O3.C26H21ClF2N4O3/c1-13-2-3-14(18(28)8-13)9-21-25(35)32-24-17(11-16(27)12-19(24)29)23(30-21)15-4-5-20-22(10-15)33(6-7-34)26(36)31-20;1-32-22-7-6-15(11-20(22)31-26(32)36)23-17-12-16(27)13-19(29)24(17)33(8-9-34)25(35)21(30-23)10-14-4-2-3-5-18(14)28;27-16-12-17-23(15-6-7-20-22(11-15)33(8-3-9-34)26(36)31-20)30-21(10-14-4-1-2-5-18(14)28)25(35)32-24(17)19(29)13-16/h2-5,8,10-12,21,34H,6-7,9H2,1H3,(H,31,36)(H,32,35);2-7,11-13,21,34H,8-10H2,1H3,(H,31,36);1-2,4-7,11-13,21,34H,3,8-10H2,(H,31,36)(H,32,35). The number of aliphatic hydroxyl groups excluding tert-OH is 3. The first-order valence-corrected chi connectivity index (χ1v) is 35.6. The van der Waals surface area contributed by atoms with Crippen molar-refractivity contribution in [1.82, 2.24) is 28.7 Å². The van der Waals surface area contributed by atoms with Crippen LogP contribution in [0.2, 0.25) is 25.1 Å². The number of carbonyl (C=O) groups excluding carboxylic acids is 3. The number of amides is 3. The van der Waals surface area contributed by atoms with E-state index in [1.165, 1.54) is 30.7 Å². The number of nitrogens with one attached hydrogen (secondary N) is 5. The Labute approximate surface area is 636 Å². The van der Waals surface area contributed by atoms with E-state index in [2.05, 4.69) is 30.6 Å². The van der Waals surface area contributed by atoms with Crippen molar-refractivity contribution in [3.05, 3.63) is 293 Å². The Kier molecular flexibility index (Phi) is 22.4. The first-order valence-electron chi connectivity index (χ1n) is 33.7. The van der Waals surface area contributed by atoms with Gasteiger partial charge in [0.05, 0.1) is 87.1 Å². The molecule has 30 heteroatoms. The summed E-state index contributed by atoms with van der Waals surface area (Å²) in [7, 11) is 1.65. The van der Waals surface area contributed by atoms with Gasteiger partial charge in [-0.25, -0.2) is 31.9 Å². The Hall–Kier alpha value is -10.7. The summed E-state index contributed by atoms with van der Waals surface area (Å²) >= 11 is 31.4. The number of aromatic amines is 3. The summed E-state index contributed by atoms with van der Waals surface area (Å²) in [5.74, 6) is -4.14. The molecule has 3 unspecified atom stereocenters. The van der Waals surface area contributed by atoms with Crippen LogP contribution in [0, 0.1) is 30.2 Å². The molecule has 6 heterocycles. The molecule has 552 valence electrons. The average molecular weight is 1570 g/mol. The highest BCUT2D eigenvalue weighted by molar-refractivity contribution is 6.34. The van der Waals surface area contributed by atoms with Gasteiger partial charge in [0.1, 0.15) is 41.4 Å². The van der Waals surface area contributed by atoms with Crippen LogP contribution < -0.4 is 32.6 Å². The molecule has 0 saturated heterocycles. The van der Waals surface area contributed by atoms with E-state index in [0.29, 0.717) is 99.9 Å². The molecule has 12 aromatic rings. The second-order valence-corrected chi connectivity index (χ2v) is 27.7. The van der Waals surface area contributed by atoms with E-state index in [1.807, 2.05) is 31.2 Å². The van der Waals surface area contributed by atoms with Crippen molar-refractivity contribution in [1.29, 1.82) is 0 Å². The predicted molar refractivity (Wildman–Crippen MR) is 412 cm³/mol. The van der Waals surface area contributed by atoms with Gasteiger partial charge in [0.2, 0.25) is 11.8 Å². The molecule has 9 aromatic carbocycles. The number of halogens is 9. The lowest BCUT2D eigenvalue weighted by atomic mass is 9.99. The van der Waals surface area contributed by atoms with E-state index >= 15 is 8.78 Å². The third-order valence-electron chi connectivity index (χ3n) is 18.5. The zero-order valence-electron chi connectivity index (χ0n) is 57.1. The first kappa shape index (κ1) is 75.5. The number of aryl methyl sites for hydroxylation is 3. The summed E-state index contributed by atoms with van der Waals surface area (Å²) in [6.45, 7) is 1.50. The summed E-state index contributed by atoms with van der Waals surface area (Å²) < 4.78 is 64.1. The number of benzene rings is 9. The SMILES string of the molecule is Cc1ccc(CC2N=C(c3ccc4[nH]c(=O)n(CCO)c4c3)c3cc(Cl)cc(F)c3NC2=O)c(Cl)c1.Cn1c(=O)[nH]c2cc(C3=NC(Cc4ccccc4Cl)C(=O)N(CCO)c4c(F)cc(Cl)cc43)ccc21.O=C1Nc2c(F)cc(Cl)cc2C(c2ccc3[nH]c(=O)n(CCCO)c3c2)=NC1Cc1ccccc1F. The number of β-amino-alcohol motifs (C(OH)–C–C–N with tert-alkyl or cyclic N) is 1. The quantitative estimate of drug-likeness (QED) is 0.0426. The number of fused-ring (bicyclic) bond motifs is 6. The lowest BCUT2D eigenvalue weighted by molar-refractivity contribution is -0.120. The van der Waals surface area contributed by atoms with Crippen LogP contribution in [0.3, 0.4) is 0 Å². The molecule has 0 spiro atoms. The van der Waals surface area contributed by atoms with Crippen LogP contribution in [-0.4, -0.2) is 123 Å². The molecule has 0 bridgehead atoms. The molecule has 15 rings (SSSR count). The molecule has 3 aromatic heterocycles. The van der Waals surface area contributed by atoms with Gasteiger partial charge >= 0.3 is 17.1 Å². The molecule has 3 atom stereocenters. The third-order valence-corrected chi connectivity index (χ3v) is 19.9. The van der Waals surface area contributed by atoms with Crippen molar-refractivity contribution >= 4 is 143 Å². The zero-order chi connectivity index (χ0) is 76.5. The van der Waals surface area contributed by atoms with Gasteiger partial charge in [0.25, 0.3) is 5.91 Å². The van der Waals surface area contributed by atoms with Gasteiger partial charge in [-0.2, -0.15) is 0 Å². The molecular formula is C78H63Cl5F4N12O9. The molecule has 108 heavy (non-hydrogen) atoms. The normalized spacial score (nSPS) is 15.5. The first-order chi connectivity index (χ1) is 51.9. The molecule has 0 radical (unpaired) electrons. The maximum absolute atomic E-state index is 15.4. The number of benzodiazepines with no additional fused rings is 3. The Morgan fingerprint density at radius 3 is 1.48 bits per heavy atom. The molecule has 21 nitrogen and oxygen atoms in total. The van der Waals surface area contributed by atoms with Crippen molar-refractivity contribution < 1.29 is 47.3 Å². The highest BCUT2D eigenvalue weighted by Crippen LogP contribution is 2.38. The Morgan fingerprint density at radius 2 is 0.917 bits per heavy atom. The fourth-order valence-electron chi connectivity index (χ4n) is 13.3. The second kappa shape index (κ2) is 32.0. The number of aromatic nitrogens is 6. The van der Waals surface area contributed by atoms with E-state index in [9.17, 15) is 52.9 Å². The molecule has 0 saturated carbocycles. The van der Waals surface area contributed by atoms with Gasteiger partial charge in [-0.15, -0.1) is 0 Å². The summed E-state index contributed by atoms with van der Waals surface area (Å²) in [6.07, 6.45) is 0.695. The second-order valence-electron chi connectivity index (χ2n) is 25.6. The number of H-pyrrole nitrogens is 3. The van der Waals surface area contributed by atoms with Gasteiger partial charge in [0.15, 0.2) is 0 Å². The lowest BCUT2D eigenvalue weighted by Gasteiger charge is -2.25. The number of hydrogen-bond donors (Lipinski definition) is 8. The number of carbonyl (C=O) groups is 3. The molecular weight excluding hydrogens is 1500 g/mol. The molecule has 3 aliphatic heterocycles. The van der Waals surface area contributed by atoms with Crippen molar-refractivity contribution in [3.63, 3.8) is 0 Å². The summed E-state index contributed by atoms with van der Waals surface area (Å²) in [4.78, 5) is 101. The third kappa shape index (κ3) is 15.6. The fraction of sp³-hybridized carbons (Fsp3) is 0.192. The average Bonchev–Trinajstić information content (AvgIpc) is 1.58. The number of hydrogen-bond acceptors (Lipinski definition) is 12. The zero-order valence-corrected chi connectivity index (χ0v) is 60.9. The van der Waals surface area contributed by atoms with Crippen molar-refractivity contribution in [2.24, 2.45) is 22.0 Å². The fourth-order valence-corrected chi connectivity index (χ4v) is 14.4. The minimum atomic E-state index is -1.05. The smallest absolute Gasteiger partial charge is 0.326 e. The number of imidazole rings is 3. The summed E-state index contributed by atoms with van der Waals surface area (Å²) in [6, 6.07) is 39.3. The van der Waals surface area contributed by atoms with Gasteiger partial charge < -0.3 is 45.8 Å². The lowest BCUT2D eigenvalue weighted by Crippen LogP contribution is -2.41. The van der Waals surface area contributed by atoms with E-state index in [0.717, 1.165) is 29.3 Å². The Bertz CT molecular complexity index is 5910. The summed E-state index contributed by atoms with van der Waals surface area (Å²) in [5, 5.41) is 35.0. The van der Waals surface area contributed by atoms with Gasteiger partial charge in [-0.05, 0) is 127 Å². The molecule has 0 aliphatic carbocycles. The maximum atomic E-state index is 15.4. The number of nitrogens with zero attached hydrogens (tertiary/aromatic N) is 7. The van der Waals surface area contributed by atoms with E-state index in [4.69, 9.17) is 68.0 Å². The molecule has 3 aliphatic rings. The molecule has 0 fully saturated rings. The van der Waals surface area contributed by atoms with Crippen LogP contribution in [0.1, 0.15) is 62.1 Å². The van der Waals surface area contributed by atoms with Gasteiger partial charge in [0, 0.05) is 105 Å². The van der Waals surface area contributed by atoms with Crippen LogP contribution in [0.25, 0.3) is 33.1 Å². The van der Waals surface area contributed by atoms with Gasteiger partial charge in [-0.1, -0.05) is 125 Å². The Morgan fingerprint density at radius 1 is 0.435 bits per heavy atom. The van der Waals surface area contributed by atoms with Crippen LogP contribution in [0.5, 0.6) is 0 Å². The van der Waals surface area contributed by atoms with E-state index in [1.54, 1.807) is 110 Å². The maximum Gasteiger partial charge on any atom is 0.326 e. The van der Waals surface area contributed by atoms with Crippen LogP contribution in [-0.2, 0) is 53.8 Å². The molecule has 3 amide bonds. The Balaban J connectivity index is 0.000000143. The van der Waals surface area contributed by atoms with Crippen LogP contribution in [0.15, 0.2) is 187 Å². The minimum Gasteiger partial charge on any atom is -0.396 e.